The number of aryl methyl sites for hydroxylation is 2. The molecule has 0 aliphatic heterocycles. The quantitative estimate of drug-likeness (QED) is 0.723. The van der Waals surface area contributed by atoms with E-state index in [1.165, 1.54) is 11.1 Å². The molecule has 2 aromatic carbocycles. The summed E-state index contributed by atoms with van der Waals surface area (Å²) in [4.78, 5) is 10.8. The van der Waals surface area contributed by atoms with E-state index in [-0.39, 0.29) is 5.41 Å². The number of hydrogen-bond donors (Lipinski definition) is 0. The maximum atomic E-state index is 10.8. The highest BCUT2D eigenvalue weighted by molar-refractivity contribution is 5.75. The van der Waals surface area contributed by atoms with Crippen LogP contribution in [0.4, 0.5) is 0 Å². The van der Waals surface area contributed by atoms with Gasteiger partial charge in [-0.2, -0.15) is 0 Å². The molecule has 0 bridgehead atoms. The molecule has 0 unspecified atom stereocenters. The van der Waals surface area contributed by atoms with Gasteiger partial charge in [-0.25, -0.2) is 0 Å². The summed E-state index contributed by atoms with van der Waals surface area (Å²) >= 11 is 0. The van der Waals surface area contributed by atoms with E-state index in [1.54, 1.807) is 6.07 Å². The van der Waals surface area contributed by atoms with Crippen molar-refractivity contribution in [3.8, 4) is 11.5 Å². The van der Waals surface area contributed by atoms with Crippen LogP contribution < -0.4 is 4.74 Å². The van der Waals surface area contributed by atoms with Crippen molar-refractivity contribution in [3.63, 3.8) is 0 Å². The Labute approximate surface area is 126 Å². The van der Waals surface area contributed by atoms with Crippen molar-refractivity contribution < 1.29 is 9.53 Å². The maximum absolute atomic E-state index is 10.8. The minimum Gasteiger partial charge on any atom is -0.457 e. The lowest BCUT2D eigenvalue weighted by Gasteiger charge is -2.23. The molecule has 0 spiro atoms. The van der Waals surface area contributed by atoms with Crippen LogP contribution in [0.25, 0.3) is 0 Å². The topological polar surface area (TPSA) is 26.3 Å². The van der Waals surface area contributed by atoms with Crippen molar-refractivity contribution in [2.45, 2.75) is 40.0 Å². The first kappa shape index (κ1) is 15.3. The van der Waals surface area contributed by atoms with Crippen LogP contribution in [0, 0.1) is 13.8 Å². The molecule has 0 N–H and O–H groups in total. The van der Waals surface area contributed by atoms with Gasteiger partial charge >= 0.3 is 0 Å². The lowest BCUT2D eigenvalue weighted by atomic mass is 9.85. The Morgan fingerprint density at radius 2 is 1.62 bits per heavy atom. The van der Waals surface area contributed by atoms with E-state index in [4.69, 9.17) is 4.74 Å². The van der Waals surface area contributed by atoms with E-state index in [0.29, 0.717) is 5.56 Å². The molecule has 0 amide bonds. The second kappa shape index (κ2) is 5.72. The highest BCUT2D eigenvalue weighted by Gasteiger charge is 2.20. The Balaban J connectivity index is 2.42. The first-order valence-electron chi connectivity index (χ1n) is 7.16. The number of aldehydes is 1. The molecule has 0 fully saturated rings. The van der Waals surface area contributed by atoms with Gasteiger partial charge in [0.1, 0.15) is 17.8 Å². The third-order valence-electron chi connectivity index (χ3n) is 3.50. The molecule has 21 heavy (non-hydrogen) atoms. The zero-order valence-corrected chi connectivity index (χ0v) is 13.4. The molecule has 2 aromatic rings. The second-order valence-electron chi connectivity index (χ2n) is 6.49. The fourth-order valence-electron chi connectivity index (χ4n) is 2.30. The third-order valence-corrected chi connectivity index (χ3v) is 3.50. The molecule has 0 aliphatic rings. The molecule has 2 nitrogen and oxygen atoms in total. The van der Waals surface area contributed by atoms with Gasteiger partial charge in [-0.15, -0.1) is 0 Å². The highest BCUT2D eigenvalue weighted by Crippen LogP contribution is 2.35. The third kappa shape index (κ3) is 3.52. The largest absolute Gasteiger partial charge is 0.457 e. The zero-order chi connectivity index (χ0) is 15.6. The summed E-state index contributed by atoms with van der Waals surface area (Å²) in [7, 11) is 0. The van der Waals surface area contributed by atoms with Crippen molar-refractivity contribution in [1.29, 1.82) is 0 Å². The lowest BCUT2D eigenvalue weighted by molar-refractivity contribution is 0.112. The molecule has 0 saturated carbocycles. The fraction of sp³-hybridized carbons (Fsp3) is 0.316. The van der Waals surface area contributed by atoms with Crippen molar-refractivity contribution in [3.05, 3.63) is 58.7 Å². The highest BCUT2D eigenvalue weighted by atomic mass is 16.5. The summed E-state index contributed by atoms with van der Waals surface area (Å²) in [5, 5.41) is 0. The monoisotopic (exact) mass is 282 g/mol. The fourth-order valence-corrected chi connectivity index (χ4v) is 2.30. The van der Waals surface area contributed by atoms with Crippen molar-refractivity contribution in [2.24, 2.45) is 0 Å². The normalized spacial score (nSPS) is 11.3. The van der Waals surface area contributed by atoms with Crippen LogP contribution in [-0.4, -0.2) is 6.29 Å². The number of carbonyl (C=O) groups excluding carboxylic acids is 1. The molecule has 0 aromatic heterocycles. The predicted molar refractivity (Wildman–Crippen MR) is 86.5 cm³/mol. The van der Waals surface area contributed by atoms with Gasteiger partial charge in [0.05, 0.1) is 0 Å². The predicted octanol–water partition coefficient (Wildman–Crippen LogP) is 5.21. The van der Waals surface area contributed by atoms with Gasteiger partial charge in [-0.05, 0) is 49.1 Å². The molecular formula is C19H22O2. The van der Waals surface area contributed by atoms with Crippen molar-refractivity contribution in [2.75, 3.05) is 0 Å². The number of hydrogen-bond acceptors (Lipinski definition) is 2. The van der Waals surface area contributed by atoms with Crippen molar-refractivity contribution in [1.82, 2.24) is 0 Å². The average Bonchev–Trinajstić information content (AvgIpc) is 2.41. The van der Waals surface area contributed by atoms with Gasteiger partial charge in [-0.1, -0.05) is 38.5 Å². The summed E-state index contributed by atoms with van der Waals surface area (Å²) in [6.45, 7) is 10.6. The minimum absolute atomic E-state index is 0.0119. The minimum atomic E-state index is 0.0119. The van der Waals surface area contributed by atoms with Crippen LogP contribution in [0.3, 0.4) is 0 Å². The van der Waals surface area contributed by atoms with Crippen LogP contribution in [0.2, 0.25) is 0 Å². The summed E-state index contributed by atoms with van der Waals surface area (Å²) in [6, 6.07) is 11.7. The summed E-state index contributed by atoms with van der Waals surface area (Å²) in [5.74, 6) is 1.66. The molecule has 110 valence electrons. The van der Waals surface area contributed by atoms with E-state index in [2.05, 4.69) is 39.8 Å². The van der Waals surface area contributed by atoms with Crippen LogP contribution in [-0.2, 0) is 5.41 Å². The first-order chi connectivity index (χ1) is 9.81. The van der Waals surface area contributed by atoms with E-state index in [9.17, 15) is 4.79 Å². The van der Waals surface area contributed by atoms with Crippen LogP contribution in [0.15, 0.2) is 36.4 Å². The zero-order valence-electron chi connectivity index (χ0n) is 13.4. The molecule has 0 radical (unpaired) electrons. The van der Waals surface area contributed by atoms with Gasteiger partial charge in [0.15, 0.2) is 0 Å². The SMILES string of the molecule is Cc1ccc(Oc2ccc(C=O)cc2C)c(C(C)(C)C)c1. The van der Waals surface area contributed by atoms with Crippen molar-refractivity contribution >= 4 is 6.29 Å². The number of rotatable bonds is 3. The van der Waals surface area contributed by atoms with Gasteiger partial charge in [-0.3, -0.25) is 4.79 Å². The molecule has 0 aliphatic carbocycles. The summed E-state index contributed by atoms with van der Waals surface area (Å²) in [6.07, 6.45) is 0.850. The van der Waals surface area contributed by atoms with Gasteiger partial charge < -0.3 is 4.74 Å². The maximum Gasteiger partial charge on any atom is 0.150 e. The Kier molecular flexibility index (Phi) is 4.17. The molecule has 2 rings (SSSR count). The van der Waals surface area contributed by atoms with Gasteiger partial charge in [0.2, 0.25) is 0 Å². The first-order valence-corrected chi connectivity index (χ1v) is 7.16. The Morgan fingerprint density at radius 1 is 0.952 bits per heavy atom. The Bertz CT molecular complexity index is 664. The van der Waals surface area contributed by atoms with Crippen LogP contribution >= 0.6 is 0 Å². The van der Waals surface area contributed by atoms with E-state index in [0.717, 1.165) is 23.3 Å². The van der Waals surface area contributed by atoms with E-state index in [1.807, 2.05) is 25.1 Å². The second-order valence-corrected chi connectivity index (χ2v) is 6.49. The standard InChI is InChI=1S/C19H22O2/c1-13-6-8-18(16(10-13)19(3,4)5)21-17-9-7-15(12-20)11-14(17)2/h6-12H,1-5H3. The lowest BCUT2D eigenvalue weighted by Crippen LogP contribution is -2.13. The Morgan fingerprint density at radius 3 is 2.19 bits per heavy atom. The molecular weight excluding hydrogens is 260 g/mol. The molecule has 0 heterocycles. The van der Waals surface area contributed by atoms with Crippen LogP contribution in [0.5, 0.6) is 11.5 Å². The number of benzene rings is 2. The van der Waals surface area contributed by atoms with E-state index >= 15 is 0 Å². The van der Waals surface area contributed by atoms with Gasteiger partial charge in [0, 0.05) is 11.1 Å². The average molecular weight is 282 g/mol. The molecule has 0 atom stereocenters. The molecule has 2 heteroatoms. The van der Waals surface area contributed by atoms with E-state index < -0.39 is 0 Å². The number of ether oxygens (including phenoxy) is 1. The number of carbonyl (C=O) groups is 1. The molecule has 0 saturated heterocycles. The Hall–Kier alpha value is -2.09. The summed E-state index contributed by atoms with van der Waals surface area (Å²) in [5.41, 5.74) is 4.04. The van der Waals surface area contributed by atoms with Gasteiger partial charge in [0.25, 0.3) is 0 Å². The smallest absolute Gasteiger partial charge is 0.150 e. The summed E-state index contributed by atoms with van der Waals surface area (Å²) < 4.78 is 6.11. The van der Waals surface area contributed by atoms with Crippen LogP contribution in [0.1, 0.15) is 47.8 Å².